The van der Waals surface area contributed by atoms with Crippen LogP contribution in [0.25, 0.3) is 10.8 Å². The molecule has 0 amide bonds. The molecule has 2 aromatic carbocycles. The van der Waals surface area contributed by atoms with E-state index in [1.807, 2.05) is 6.07 Å². The second-order valence-electron chi connectivity index (χ2n) is 4.37. The summed E-state index contributed by atoms with van der Waals surface area (Å²) < 4.78 is 5.58. The van der Waals surface area contributed by atoms with Gasteiger partial charge in [0, 0.05) is 17.9 Å². The van der Waals surface area contributed by atoms with E-state index in [9.17, 15) is 15.2 Å². The number of nitro groups is 1. The van der Waals surface area contributed by atoms with E-state index in [1.165, 1.54) is 6.07 Å². The molecule has 5 heteroatoms. The van der Waals surface area contributed by atoms with E-state index in [2.05, 4.69) is 0 Å². The van der Waals surface area contributed by atoms with E-state index in [0.29, 0.717) is 29.5 Å². The zero-order chi connectivity index (χ0) is 13.8. The number of ether oxygens (including phenoxy) is 1. The van der Waals surface area contributed by atoms with Gasteiger partial charge in [-0.25, -0.2) is 0 Å². The molecule has 5 nitrogen and oxygen atoms in total. The van der Waals surface area contributed by atoms with Crippen LogP contribution in [0.4, 0.5) is 5.69 Å². The lowest BCUT2D eigenvalue weighted by Crippen LogP contribution is -2.07. The van der Waals surface area contributed by atoms with Crippen molar-refractivity contribution in [2.75, 3.05) is 6.61 Å². The first-order valence-corrected chi connectivity index (χ1v) is 6.06. The number of hydrogen-bond donors (Lipinski definition) is 1. The molecule has 0 aliphatic heterocycles. The van der Waals surface area contributed by atoms with Crippen LogP contribution >= 0.6 is 0 Å². The average Bonchev–Trinajstić information content (AvgIpc) is 2.38. The van der Waals surface area contributed by atoms with Gasteiger partial charge in [0.25, 0.3) is 5.69 Å². The Morgan fingerprint density at radius 1 is 1.26 bits per heavy atom. The lowest BCUT2D eigenvalue weighted by Gasteiger charge is -2.10. The van der Waals surface area contributed by atoms with Crippen molar-refractivity contribution in [3.63, 3.8) is 0 Å². The summed E-state index contributed by atoms with van der Waals surface area (Å²) in [6.45, 7) is 2.07. The molecule has 0 heterocycles. The number of benzene rings is 2. The van der Waals surface area contributed by atoms with Crippen molar-refractivity contribution in [2.45, 2.75) is 19.4 Å². The first kappa shape index (κ1) is 13.3. The van der Waals surface area contributed by atoms with Crippen molar-refractivity contribution >= 4 is 16.5 Å². The molecule has 2 rings (SSSR count). The van der Waals surface area contributed by atoms with Gasteiger partial charge in [-0.05, 0) is 19.1 Å². The van der Waals surface area contributed by atoms with Crippen LogP contribution in [-0.2, 0) is 0 Å². The first-order valence-electron chi connectivity index (χ1n) is 6.06. The summed E-state index contributed by atoms with van der Waals surface area (Å²) in [6.07, 6.45) is 0.0926. The molecule has 1 unspecified atom stereocenters. The van der Waals surface area contributed by atoms with E-state index in [1.54, 1.807) is 31.2 Å². The Morgan fingerprint density at radius 3 is 2.58 bits per heavy atom. The van der Waals surface area contributed by atoms with Gasteiger partial charge in [-0.2, -0.15) is 0 Å². The molecule has 1 atom stereocenters. The summed E-state index contributed by atoms with van der Waals surface area (Å²) in [6, 6.07) is 10.1. The van der Waals surface area contributed by atoms with Gasteiger partial charge in [0.05, 0.1) is 23.0 Å². The summed E-state index contributed by atoms with van der Waals surface area (Å²) in [4.78, 5) is 10.6. The Labute approximate surface area is 110 Å². The first-order chi connectivity index (χ1) is 9.09. The number of nitrogens with zero attached hydrogens (tertiary/aromatic N) is 1. The zero-order valence-electron chi connectivity index (χ0n) is 10.6. The standard InChI is InChI=1S/C14H15NO4/c1-10(16)8-9-19-14-7-6-13(15(17)18)11-4-2-3-5-12(11)14/h2-7,10,16H,8-9H2,1H3. The topological polar surface area (TPSA) is 72.6 Å². The Balaban J connectivity index is 2.36. The van der Waals surface area contributed by atoms with Crippen LogP contribution in [0.5, 0.6) is 5.75 Å². The molecule has 0 bridgehead atoms. The monoisotopic (exact) mass is 261 g/mol. The molecule has 0 fully saturated rings. The molecule has 1 N–H and O–H groups in total. The minimum absolute atomic E-state index is 0.0680. The smallest absolute Gasteiger partial charge is 0.277 e. The fourth-order valence-electron chi connectivity index (χ4n) is 1.88. The van der Waals surface area contributed by atoms with Crippen LogP contribution in [0.15, 0.2) is 36.4 Å². The third-order valence-corrected chi connectivity index (χ3v) is 2.85. The predicted molar refractivity (Wildman–Crippen MR) is 72.4 cm³/mol. The van der Waals surface area contributed by atoms with Crippen LogP contribution in [0.1, 0.15) is 13.3 Å². The minimum atomic E-state index is -0.427. The summed E-state index contributed by atoms with van der Waals surface area (Å²) in [7, 11) is 0. The van der Waals surface area contributed by atoms with Crippen molar-refractivity contribution in [1.82, 2.24) is 0 Å². The highest BCUT2D eigenvalue weighted by molar-refractivity contribution is 5.95. The normalized spacial score (nSPS) is 12.3. The highest BCUT2D eigenvalue weighted by atomic mass is 16.6. The fraction of sp³-hybridized carbons (Fsp3) is 0.286. The molecule has 19 heavy (non-hydrogen) atoms. The lowest BCUT2D eigenvalue weighted by atomic mass is 10.1. The number of aliphatic hydroxyl groups excluding tert-OH is 1. The maximum atomic E-state index is 11.0. The molecule has 0 aromatic heterocycles. The summed E-state index contributed by atoms with van der Waals surface area (Å²) in [5.41, 5.74) is 0.0680. The number of nitro benzene ring substituents is 1. The Morgan fingerprint density at radius 2 is 1.95 bits per heavy atom. The van der Waals surface area contributed by atoms with Gasteiger partial charge >= 0.3 is 0 Å². The molecular weight excluding hydrogens is 246 g/mol. The quantitative estimate of drug-likeness (QED) is 0.663. The van der Waals surface area contributed by atoms with E-state index >= 15 is 0 Å². The van der Waals surface area contributed by atoms with Crippen molar-refractivity contribution in [3.05, 3.63) is 46.5 Å². The van der Waals surface area contributed by atoms with E-state index < -0.39 is 11.0 Å². The van der Waals surface area contributed by atoms with Gasteiger partial charge in [0.1, 0.15) is 5.75 Å². The van der Waals surface area contributed by atoms with E-state index in [4.69, 9.17) is 4.74 Å². The SMILES string of the molecule is CC(O)CCOc1ccc([N+](=O)[O-])c2ccccc12. The van der Waals surface area contributed by atoms with Crippen molar-refractivity contribution in [3.8, 4) is 5.75 Å². The van der Waals surface area contributed by atoms with Crippen molar-refractivity contribution in [2.24, 2.45) is 0 Å². The van der Waals surface area contributed by atoms with E-state index in [0.717, 1.165) is 0 Å². The maximum absolute atomic E-state index is 11.0. The number of aliphatic hydroxyl groups is 1. The molecular formula is C14H15NO4. The second-order valence-corrected chi connectivity index (χ2v) is 4.37. The van der Waals surface area contributed by atoms with Gasteiger partial charge < -0.3 is 9.84 Å². The summed E-state index contributed by atoms with van der Waals surface area (Å²) in [5.74, 6) is 0.599. The average molecular weight is 261 g/mol. The maximum Gasteiger partial charge on any atom is 0.277 e. The number of rotatable bonds is 5. The molecule has 0 radical (unpaired) electrons. The van der Waals surface area contributed by atoms with Gasteiger partial charge in [-0.15, -0.1) is 0 Å². The molecule has 0 saturated heterocycles. The van der Waals surface area contributed by atoms with Crippen LogP contribution < -0.4 is 4.74 Å². The number of non-ortho nitro benzene ring substituents is 1. The van der Waals surface area contributed by atoms with Crippen LogP contribution in [0.3, 0.4) is 0 Å². The van der Waals surface area contributed by atoms with Crippen molar-refractivity contribution in [1.29, 1.82) is 0 Å². The molecule has 0 aliphatic rings. The molecule has 0 aliphatic carbocycles. The largest absolute Gasteiger partial charge is 0.493 e. The van der Waals surface area contributed by atoms with Gasteiger partial charge in [-0.1, -0.05) is 18.2 Å². The highest BCUT2D eigenvalue weighted by Gasteiger charge is 2.14. The summed E-state index contributed by atoms with van der Waals surface area (Å²) >= 11 is 0. The van der Waals surface area contributed by atoms with Crippen LogP contribution in [0.2, 0.25) is 0 Å². The molecule has 100 valence electrons. The summed E-state index contributed by atoms with van der Waals surface area (Å²) in [5, 5.41) is 21.4. The van der Waals surface area contributed by atoms with Crippen LogP contribution in [-0.4, -0.2) is 22.7 Å². The van der Waals surface area contributed by atoms with Crippen molar-refractivity contribution < 1.29 is 14.8 Å². The zero-order valence-corrected chi connectivity index (χ0v) is 10.6. The molecule has 2 aromatic rings. The fourth-order valence-corrected chi connectivity index (χ4v) is 1.88. The minimum Gasteiger partial charge on any atom is -0.493 e. The number of hydrogen-bond acceptors (Lipinski definition) is 4. The lowest BCUT2D eigenvalue weighted by molar-refractivity contribution is -0.383. The third kappa shape index (κ3) is 3.00. The van der Waals surface area contributed by atoms with Gasteiger partial charge in [0.15, 0.2) is 0 Å². The highest BCUT2D eigenvalue weighted by Crippen LogP contribution is 2.32. The van der Waals surface area contributed by atoms with Crippen LogP contribution in [0, 0.1) is 10.1 Å². The van der Waals surface area contributed by atoms with Gasteiger partial charge in [0.2, 0.25) is 0 Å². The molecule has 0 spiro atoms. The Bertz CT molecular complexity index is 595. The van der Waals surface area contributed by atoms with E-state index in [-0.39, 0.29) is 5.69 Å². The molecule has 0 saturated carbocycles. The second kappa shape index (κ2) is 5.67. The number of fused-ring (bicyclic) bond motifs is 1. The predicted octanol–water partition coefficient (Wildman–Crippen LogP) is 2.90. The van der Waals surface area contributed by atoms with Gasteiger partial charge in [-0.3, -0.25) is 10.1 Å². The Hall–Kier alpha value is -2.14. The Kier molecular flexibility index (Phi) is 3.97. The third-order valence-electron chi connectivity index (χ3n) is 2.85.